The average Bonchev–Trinajstić information content (AvgIpc) is 3.17. The van der Waals surface area contributed by atoms with Crippen molar-refractivity contribution in [3.63, 3.8) is 0 Å². The number of hydrogen-bond acceptors (Lipinski definition) is 6. The maximum absolute atomic E-state index is 12.5. The molecule has 0 heterocycles. The molecule has 0 saturated carbocycles. The molecule has 0 aromatic rings. The van der Waals surface area contributed by atoms with Gasteiger partial charge in [0, 0.05) is 19.4 Å². The van der Waals surface area contributed by atoms with Gasteiger partial charge >= 0.3 is 11.9 Å². The third kappa shape index (κ3) is 39.5. The minimum absolute atomic E-state index is 0.0110. The molecule has 0 radical (unpaired) electrons. The monoisotopic (exact) mass is 780 g/mol. The van der Waals surface area contributed by atoms with Crippen LogP contribution in [0.2, 0.25) is 0 Å². The lowest BCUT2D eigenvalue weighted by Crippen LogP contribution is -2.27. The van der Waals surface area contributed by atoms with Crippen LogP contribution in [-0.2, 0) is 19.1 Å². The summed E-state index contributed by atoms with van der Waals surface area (Å²) in [5.74, 6) is 0.528. The van der Waals surface area contributed by atoms with E-state index < -0.39 is 0 Å². The van der Waals surface area contributed by atoms with Gasteiger partial charge in [-0.1, -0.05) is 182 Å². The van der Waals surface area contributed by atoms with Gasteiger partial charge in [-0.05, 0) is 88.8 Å². The molecule has 0 saturated heterocycles. The lowest BCUT2D eigenvalue weighted by Gasteiger charge is -2.25. The number of ether oxygens (including phenoxy) is 2. The Morgan fingerprint density at radius 3 is 1.35 bits per heavy atom. The maximum Gasteiger partial charge on any atom is 0.305 e. The van der Waals surface area contributed by atoms with E-state index in [1.807, 2.05) is 0 Å². The van der Waals surface area contributed by atoms with E-state index >= 15 is 0 Å². The zero-order chi connectivity index (χ0) is 40.5. The summed E-state index contributed by atoms with van der Waals surface area (Å²) in [6.07, 6.45) is 40.1. The summed E-state index contributed by atoms with van der Waals surface area (Å²) >= 11 is 0. The van der Waals surface area contributed by atoms with Crippen LogP contribution < -0.4 is 0 Å². The fourth-order valence-corrected chi connectivity index (χ4v) is 7.70. The molecule has 0 aliphatic rings. The number of rotatable bonds is 44. The summed E-state index contributed by atoms with van der Waals surface area (Å²) in [4.78, 5) is 27.4. The third-order valence-electron chi connectivity index (χ3n) is 11.6. The highest BCUT2D eigenvalue weighted by Gasteiger charge is 2.20. The normalized spacial score (nSPS) is 11.9. The molecule has 328 valence electrons. The van der Waals surface area contributed by atoms with E-state index in [1.54, 1.807) is 0 Å². The fourth-order valence-electron chi connectivity index (χ4n) is 7.70. The molecule has 6 heteroatoms. The summed E-state index contributed by atoms with van der Waals surface area (Å²) in [6, 6.07) is 0. The van der Waals surface area contributed by atoms with Crippen LogP contribution in [0, 0.1) is 11.3 Å². The predicted octanol–water partition coefficient (Wildman–Crippen LogP) is 14.3. The first-order chi connectivity index (χ1) is 26.8. The Balaban J connectivity index is 4.14. The molecular weight excluding hydrogens is 683 g/mol. The Labute approximate surface area is 343 Å². The maximum atomic E-state index is 12.5. The Hall–Kier alpha value is -1.14. The number of esters is 2. The van der Waals surface area contributed by atoms with Crippen molar-refractivity contribution in [3.05, 3.63) is 0 Å². The van der Waals surface area contributed by atoms with Gasteiger partial charge in [0.05, 0.1) is 13.2 Å². The quantitative estimate of drug-likeness (QED) is 0.0490. The van der Waals surface area contributed by atoms with Crippen LogP contribution >= 0.6 is 0 Å². The van der Waals surface area contributed by atoms with E-state index in [0.29, 0.717) is 32.0 Å². The van der Waals surface area contributed by atoms with Crippen LogP contribution in [0.4, 0.5) is 0 Å². The first-order valence-corrected chi connectivity index (χ1v) is 24.4. The van der Waals surface area contributed by atoms with E-state index in [0.717, 1.165) is 64.6 Å². The zero-order valence-electron chi connectivity index (χ0n) is 37.9. The number of carbonyl (C=O) groups excluding carboxylic acids is 2. The second-order valence-corrected chi connectivity index (χ2v) is 18.0. The number of aliphatic hydroxyl groups is 1. The smallest absolute Gasteiger partial charge is 0.305 e. The number of unbranched alkanes of at least 4 members (excludes halogenated alkanes) is 23. The van der Waals surface area contributed by atoms with Crippen molar-refractivity contribution in [3.8, 4) is 0 Å². The van der Waals surface area contributed by atoms with Crippen LogP contribution in [0.25, 0.3) is 0 Å². The SMILES string of the molecule is CCCCCCCCCCC(=O)OCC(C)(C)CCCCCN(CCCCO)CCCCCCCCC(=O)OCC(CCCCCCC)CCCCCCC. The van der Waals surface area contributed by atoms with E-state index in [4.69, 9.17) is 9.47 Å². The number of nitrogens with zero attached hydrogens (tertiary/aromatic N) is 1. The van der Waals surface area contributed by atoms with Gasteiger partial charge in [0.25, 0.3) is 0 Å². The van der Waals surface area contributed by atoms with Crippen LogP contribution in [0.3, 0.4) is 0 Å². The van der Waals surface area contributed by atoms with E-state index in [2.05, 4.69) is 39.5 Å². The third-order valence-corrected chi connectivity index (χ3v) is 11.6. The van der Waals surface area contributed by atoms with E-state index in [9.17, 15) is 14.7 Å². The largest absolute Gasteiger partial charge is 0.465 e. The average molecular weight is 780 g/mol. The first kappa shape index (κ1) is 53.9. The fraction of sp³-hybridized carbons (Fsp3) is 0.959. The highest BCUT2D eigenvalue weighted by atomic mass is 16.5. The topological polar surface area (TPSA) is 76.1 Å². The molecule has 0 fully saturated rings. The first-order valence-electron chi connectivity index (χ1n) is 24.4. The van der Waals surface area contributed by atoms with Gasteiger partial charge in [-0.3, -0.25) is 9.59 Å². The number of aliphatic hydroxyl groups excluding tert-OH is 1. The van der Waals surface area contributed by atoms with Gasteiger partial charge in [-0.2, -0.15) is 0 Å². The van der Waals surface area contributed by atoms with Crippen LogP contribution in [-0.4, -0.2) is 61.4 Å². The predicted molar refractivity (Wildman–Crippen MR) is 237 cm³/mol. The molecule has 6 nitrogen and oxygen atoms in total. The molecule has 0 rings (SSSR count). The summed E-state index contributed by atoms with van der Waals surface area (Å²) < 4.78 is 11.5. The molecule has 1 N–H and O–H groups in total. The second-order valence-electron chi connectivity index (χ2n) is 18.0. The van der Waals surface area contributed by atoms with E-state index in [-0.39, 0.29) is 24.0 Å². The van der Waals surface area contributed by atoms with Crippen molar-refractivity contribution < 1.29 is 24.2 Å². The molecule has 0 aliphatic heterocycles. The molecule has 0 amide bonds. The van der Waals surface area contributed by atoms with Gasteiger partial charge in [0.2, 0.25) is 0 Å². The van der Waals surface area contributed by atoms with Gasteiger partial charge < -0.3 is 19.5 Å². The van der Waals surface area contributed by atoms with Crippen molar-refractivity contribution in [1.29, 1.82) is 0 Å². The minimum Gasteiger partial charge on any atom is -0.465 e. The number of hydrogen-bond donors (Lipinski definition) is 1. The summed E-state index contributed by atoms with van der Waals surface area (Å²) in [7, 11) is 0. The van der Waals surface area contributed by atoms with Crippen molar-refractivity contribution in [2.75, 3.05) is 39.5 Å². The Morgan fingerprint density at radius 1 is 0.491 bits per heavy atom. The molecule has 0 aliphatic carbocycles. The summed E-state index contributed by atoms with van der Waals surface area (Å²) in [5.41, 5.74) is 0.0274. The van der Waals surface area contributed by atoms with Crippen molar-refractivity contribution >= 4 is 11.9 Å². The highest BCUT2D eigenvalue weighted by Crippen LogP contribution is 2.25. The lowest BCUT2D eigenvalue weighted by molar-refractivity contribution is -0.147. The Morgan fingerprint density at radius 2 is 0.873 bits per heavy atom. The van der Waals surface area contributed by atoms with Gasteiger partial charge in [0.15, 0.2) is 0 Å². The molecule has 55 heavy (non-hydrogen) atoms. The Bertz CT molecular complexity index is 803. The molecule has 0 atom stereocenters. The Kier molecular flexibility index (Phi) is 40.2. The van der Waals surface area contributed by atoms with Gasteiger partial charge in [-0.25, -0.2) is 0 Å². The molecule has 0 bridgehead atoms. The van der Waals surface area contributed by atoms with Crippen LogP contribution in [0.1, 0.15) is 253 Å². The van der Waals surface area contributed by atoms with Crippen molar-refractivity contribution in [2.45, 2.75) is 253 Å². The van der Waals surface area contributed by atoms with Crippen LogP contribution in [0.5, 0.6) is 0 Å². The van der Waals surface area contributed by atoms with Crippen molar-refractivity contribution in [2.24, 2.45) is 11.3 Å². The van der Waals surface area contributed by atoms with Crippen molar-refractivity contribution in [1.82, 2.24) is 4.90 Å². The van der Waals surface area contributed by atoms with Crippen LogP contribution in [0.15, 0.2) is 0 Å². The summed E-state index contributed by atoms with van der Waals surface area (Å²) in [5, 5.41) is 9.31. The van der Waals surface area contributed by atoms with E-state index in [1.165, 1.54) is 161 Å². The number of carbonyl (C=O) groups is 2. The molecule has 0 unspecified atom stereocenters. The zero-order valence-corrected chi connectivity index (χ0v) is 37.9. The second kappa shape index (κ2) is 41.0. The minimum atomic E-state index is -0.0248. The standard InChI is InChI=1S/C49H97NO5/c1-6-9-12-15-16-17-22-29-38-48(53)55-45-49(4,5)39-30-25-32-41-50(42-33-34-43-51)40-31-24-19-18-23-28-37-47(52)54-44-46(35-26-20-13-10-7-2)36-27-21-14-11-8-3/h46,51H,6-45H2,1-5H3. The highest BCUT2D eigenvalue weighted by molar-refractivity contribution is 5.69. The molecule has 0 spiro atoms. The molecule has 0 aromatic carbocycles. The van der Waals surface area contributed by atoms with Gasteiger partial charge in [0.1, 0.15) is 0 Å². The summed E-state index contributed by atoms with van der Waals surface area (Å²) in [6.45, 7) is 16.0. The lowest BCUT2D eigenvalue weighted by atomic mass is 9.88. The molecular formula is C49H97NO5. The molecule has 0 aromatic heterocycles. The van der Waals surface area contributed by atoms with Gasteiger partial charge in [-0.15, -0.1) is 0 Å².